The minimum atomic E-state index is -1.29. The first-order valence-corrected chi connectivity index (χ1v) is 5.53. The van der Waals surface area contributed by atoms with Gasteiger partial charge in [0.15, 0.2) is 5.78 Å². The Bertz CT molecular complexity index is 714. The van der Waals surface area contributed by atoms with E-state index in [0.29, 0.717) is 6.07 Å². The van der Waals surface area contributed by atoms with Crippen LogP contribution in [0.2, 0.25) is 0 Å². The average molecular weight is 277 g/mol. The molecule has 0 aliphatic rings. The Labute approximate surface area is 112 Å². The fraction of sp³-hybridized carbons (Fsp3) is 0. The van der Waals surface area contributed by atoms with E-state index in [4.69, 9.17) is 10.8 Å². The summed E-state index contributed by atoms with van der Waals surface area (Å²) in [6, 6.07) is 6.34. The third-order valence-corrected chi connectivity index (χ3v) is 2.76. The second-order valence-corrected chi connectivity index (χ2v) is 4.03. The number of para-hydroxylation sites is 1. The number of hydrogen-bond donors (Lipinski definition) is 2. The van der Waals surface area contributed by atoms with E-state index in [9.17, 15) is 18.4 Å². The molecule has 6 heteroatoms. The van der Waals surface area contributed by atoms with Gasteiger partial charge in [0.1, 0.15) is 11.6 Å². The number of carboxylic acids is 1. The Morgan fingerprint density at radius 3 is 2.25 bits per heavy atom. The Morgan fingerprint density at radius 1 is 1.00 bits per heavy atom. The van der Waals surface area contributed by atoms with E-state index in [1.165, 1.54) is 18.2 Å². The zero-order valence-corrected chi connectivity index (χ0v) is 10.1. The monoisotopic (exact) mass is 277 g/mol. The van der Waals surface area contributed by atoms with Gasteiger partial charge in [0.05, 0.1) is 16.8 Å². The van der Waals surface area contributed by atoms with Crippen molar-refractivity contribution < 1.29 is 23.5 Å². The molecule has 0 aliphatic carbocycles. The van der Waals surface area contributed by atoms with Crippen LogP contribution in [0.15, 0.2) is 36.4 Å². The van der Waals surface area contributed by atoms with Gasteiger partial charge in [-0.3, -0.25) is 4.79 Å². The zero-order chi connectivity index (χ0) is 14.9. The molecule has 2 aromatic rings. The molecule has 2 rings (SSSR count). The molecule has 0 amide bonds. The fourth-order valence-electron chi connectivity index (χ4n) is 1.77. The van der Waals surface area contributed by atoms with Crippen molar-refractivity contribution in [3.8, 4) is 0 Å². The lowest BCUT2D eigenvalue weighted by molar-refractivity contribution is 0.0698. The Hall–Kier alpha value is -2.76. The summed E-state index contributed by atoms with van der Waals surface area (Å²) in [5.41, 5.74) is 4.58. The highest BCUT2D eigenvalue weighted by Gasteiger charge is 2.20. The van der Waals surface area contributed by atoms with Crippen LogP contribution in [0.4, 0.5) is 14.5 Å². The minimum absolute atomic E-state index is 0.143. The summed E-state index contributed by atoms with van der Waals surface area (Å²) in [6.07, 6.45) is 0. The standard InChI is InChI=1S/C14H9F2NO3/c15-7-4-5-8(11(16)6-7)13(18)9-2-1-3-10(12(9)17)14(19)20/h1-6H,17H2,(H,19,20). The first kappa shape index (κ1) is 13.7. The number of carbonyl (C=O) groups is 2. The maximum Gasteiger partial charge on any atom is 0.337 e. The number of hydrogen-bond acceptors (Lipinski definition) is 3. The summed E-state index contributed by atoms with van der Waals surface area (Å²) in [5, 5.41) is 8.92. The number of nitrogens with two attached hydrogens (primary N) is 1. The van der Waals surface area contributed by atoms with E-state index in [0.717, 1.165) is 12.1 Å². The molecular weight excluding hydrogens is 268 g/mol. The topological polar surface area (TPSA) is 80.4 Å². The van der Waals surface area contributed by atoms with Gasteiger partial charge in [-0.15, -0.1) is 0 Å². The van der Waals surface area contributed by atoms with Gasteiger partial charge in [0.2, 0.25) is 0 Å². The Kier molecular flexibility index (Phi) is 3.47. The minimum Gasteiger partial charge on any atom is -0.478 e. The molecule has 0 saturated heterocycles. The molecule has 2 aromatic carbocycles. The van der Waals surface area contributed by atoms with Crippen molar-refractivity contribution in [2.45, 2.75) is 0 Å². The maximum absolute atomic E-state index is 13.6. The Balaban J connectivity index is 2.54. The van der Waals surface area contributed by atoms with Crippen molar-refractivity contribution in [3.63, 3.8) is 0 Å². The van der Waals surface area contributed by atoms with Gasteiger partial charge in [-0.25, -0.2) is 13.6 Å². The summed E-state index contributed by atoms with van der Waals surface area (Å²) in [6.45, 7) is 0. The van der Waals surface area contributed by atoms with Crippen LogP contribution in [0.25, 0.3) is 0 Å². The second-order valence-electron chi connectivity index (χ2n) is 4.03. The highest BCUT2D eigenvalue weighted by molar-refractivity contribution is 6.14. The van der Waals surface area contributed by atoms with Crippen LogP contribution in [0.1, 0.15) is 26.3 Å². The number of ketones is 1. The predicted molar refractivity (Wildman–Crippen MR) is 67.6 cm³/mol. The summed E-state index contributed by atoms with van der Waals surface area (Å²) < 4.78 is 26.4. The summed E-state index contributed by atoms with van der Waals surface area (Å²) >= 11 is 0. The molecule has 0 radical (unpaired) electrons. The third kappa shape index (κ3) is 2.35. The first-order valence-electron chi connectivity index (χ1n) is 5.53. The number of carbonyl (C=O) groups excluding carboxylic acids is 1. The number of carboxylic acid groups (broad SMARTS) is 1. The van der Waals surface area contributed by atoms with Crippen molar-refractivity contribution in [1.82, 2.24) is 0 Å². The molecule has 0 fully saturated rings. The van der Waals surface area contributed by atoms with Crippen molar-refractivity contribution >= 4 is 17.4 Å². The maximum atomic E-state index is 13.6. The van der Waals surface area contributed by atoms with E-state index in [1.54, 1.807) is 0 Å². The van der Waals surface area contributed by atoms with Gasteiger partial charge in [0.25, 0.3) is 0 Å². The van der Waals surface area contributed by atoms with Gasteiger partial charge in [0, 0.05) is 11.6 Å². The van der Waals surface area contributed by atoms with Gasteiger partial charge < -0.3 is 10.8 Å². The zero-order valence-electron chi connectivity index (χ0n) is 10.1. The van der Waals surface area contributed by atoms with Crippen molar-refractivity contribution in [1.29, 1.82) is 0 Å². The van der Waals surface area contributed by atoms with Crippen LogP contribution >= 0.6 is 0 Å². The molecule has 0 unspecified atom stereocenters. The molecule has 0 spiro atoms. The van der Waals surface area contributed by atoms with Gasteiger partial charge >= 0.3 is 5.97 Å². The SMILES string of the molecule is Nc1c(C(=O)O)cccc1C(=O)c1ccc(F)cc1F. The number of nitrogen functional groups attached to an aromatic ring is 1. The van der Waals surface area contributed by atoms with Crippen molar-refractivity contribution in [2.24, 2.45) is 0 Å². The molecule has 0 bridgehead atoms. The number of rotatable bonds is 3. The average Bonchev–Trinajstić information content (AvgIpc) is 2.38. The van der Waals surface area contributed by atoms with Crippen LogP contribution < -0.4 is 5.73 Å². The quantitative estimate of drug-likeness (QED) is 0.667. The van der Waals surface area contributed by atoms with Crippen LogP contribution in [-0.4, -0.2) is 16.9 Å². The van der Waals surface area contributed by atoms with Gasteiger partial charge in [-0.05, 0) is 24.3 Å². The van der Waals surface area contributed by atoms with Crippen molar-refractivity contribution in [2.75, 3.05) is 5.73 Å². The molecule has 102 valence electrons. The highest BCUT2D eigenvalue weighted by atomic mass is 19.1. The second kappa shape index (κ2) is 5.08. The van der Waals surface area contributed by atoms with E-state index in [2.05, 4.69) is 0 Å². The molecule has 4 nitrogen and oxygen atoms in total. The normalized spacial score (nSPS) is 10.3. The lowest BCUT2D eigenvalue weighted by atomic mass is 9.98. The molecule has 0 aliphatic heterocycles. The van der Waals surface area contributed by atoms with Crippen LogP contribution in [0, 0.1) is 11.6 Å². The number of halogens is 2. The Morgan fingerprint density at radius 2 is 1.65 bits per heavy atom. The van der Waals surface area contributed by atoms with Gasteiger partial charge in [-0.1, -0.05) is 6.07 Å². The number of aromatic carboxylic acids is 1. The summed E-state index contributed by atoms with van der Waals surface area (Å²) in [5.74, 6) is -3.94. The summed E-state index contributed by atoms with van der Waals surface area (Å²) in [4.78, 5) is 23.1. The van der Waals surface area contributed by atoms with E-state index in [-0.39, 0.29) is 22.4 Å². The fourth-order valence-corrected chi connectivity index (χ4v) is 1.77. The molecule has 0 saturated carbocycles. The molecule has 0 heterocycles. The third-order valence-electron chi connectivity index (χ3n) is 2.76. The highest BCUT2D eigenvalue weighted by Crippen LogP contribution is 2.22. The van der Waals surface area contributed by atoms with Crippen LogP contribution in [0.5, 0.6) is 0 Å². The number of anilines is 1. The summed E-state index contributed by atoms with van der Waals surface area (Å²) in [7, 11) is 0. The van der Waals surface area contributed by atoms with Gasteiger partial charge in [-0.2, -0.15) is 0 Å². The predicted octanol–water partition coefficient (Wildman–Crippen LogP) is 2.48. The first-order chi connectivity index (χ1) is 9.41. The van der Waals surface area contributed by atoms with Crippen LogP contribution in [-0.2, 0) is 0 Å². The molecule has 0 aromatic heterocycles. The molecule has 3 N–H and O–H groups in total. The van der Waals surface area contributed by atoms with Crippen LogP contribution in [0.3, 0.4) is 0 Å². The molecule has 20 heavy (non-hydrogen) atoms. The van der Waals surface area contributed by atoms with E-state index >= 15 is 0 Å². The van der Waals surface area contributed by atoms with E-state index in [1.807, 2.05) is 0 Å². The lowest BCUT2D eigenvalue weighted by Gasteiger charge is -2.08. The number of benzene rings is 2. The largest absolute Gasteiger partial charge is 0.478 e. The molecular formula is C14H9F2NO3. The lowest BCUT2D eigenvalue weighted by Crippen LogP contribution is -2.11. The van der Waals surface area contributed by atoms with Crippen molar-refractivity contribution in [3.05, 3.63) is 64.7 Å². The molecule has 0 atom stereocenters. The van der Waals surface area contributed by atoms with E-state index < -0.39 is 23.4 Å². The smallest absolute Gasteiger partial charge is 0.337 e.